The minimum absolute atomic E-state index is 0.287. The molecule has 3 N–H and O–H groups in total. The van der Waals surface area contributed by atoms with Gasteiger partial charge < -0.3 is 15.6 Å². The van der Waals surface area contributed by atoms with Crippen LogP contribution < -0.4 is 10.5 Å². The van der Waals surface area contributed by atoms with Gasteiger partial charge in [0, 0.05) is 6.42 Å². The number of para-hydroxylation sites is 1. The lowest BCUT2D eigenvalue weighted by atomic mass is 10.1. The van der Waals surface area contributed by atoms with E-state index < -0.39 is 12.0 Å². The monoisotopic (exact) mass is 223 g/mol. The van der Waals surface area contributed by atoms with Crippen molar-refractivity contribution >= 4 is 5.97 Å². The van der Waals surface area contributed by atoms with Crippen LogP contribution in [0.15, 0.2) is 24.3 Å². The van der Waals surface area contributed by atoms with Crippen molar-refractivity contribution in [2.75, 3.05) is 6.61 Å². The van der Waals surface area contributed by atoms with Crippen LogP contribution in [-0.2, 0) is 11.2 Å². The zero-order valence-electron chi connectivity index (χ0n) is 9.35. The number of rotatable bonds is 6. The van der Waals surface area contributed by atoms with Crippen LogP contribution in [-0.4, -0.2) is 23.7 Å². The molecule has 0 amide bonds. The summed E-state index contributed by atoms with van der Waals surface area (Å²) in [5.41, 5.74) is 6.33. The summed E-state index contributed by atoms with van der Waals surface area (Å²) in [5, 5.41) is 8.74. The highest BCUT2D eigenvalue weighted by molar-refractivity contribution is 5.73. The third kappa shape index (κ3) is 3.55. The largest absolute Gasteiger partial charge is 0.493 e. The van der Waals surface area contributed by atoms with E-state index >= 15 is 0 Å². The summed E-state index contributed by atoms with van der Waals surface area (Å²) >= 11 is 0. The van der Waals surface area contributed by atoms with Gasteiger partial charge in [-0.3, -0.25) is 4.79 Å². The van der Waals surface area contributed by atoms with E-state index in [4.69, 9.17) is 15.6 Å². The Morgan fingerprint density at radius 1 is 1.50 bits per heavy atom. The molecule has 1 rings (SSSR count). The van der Waals surface area contributed by atoms with E-state index in [0.29, 0.717) is 6.61 Å². The van der Waals surface area contributed by atoms with Crippen LogP contribution in [0, 0.1) is 0 Å². The number of nitrogens with two attached hydrogens (primary N) is 1. The number of carboxylic acids is 1. The van der Waals surface area contributed by atoms with Crippen molar-refractivity contribution < 1.29 is 14.6 Å². The molecule has 1 aromatic carbocycles. The maximum absolute atomic E-state index is 10.7. The smallest absolute Gasteiger partial charge is 0.320 e. The van der Waals surface area contributed by atoms with Crippen molar-refractivity contribution in [2.24, 2.45) is 5.73 Å². The fourth-order valence-corrected chi connectivity index (χ4v) is 1.35. The van der Waals surface area contributed by atoms with E-state index in [1.54, 1.807) is 0 Å². The Morgan fingerprint density at radius 2 is 2.19 bits per heavy atom. The van der Waals surface area contributed by atoms with Gasteiger partial charge in [-0.1, -0.05) is 25.1 Å². The molecule has 0 radical (unpaired) electrons. The summed E-state index contributed by atoms with van der Waals surface area (Å²) in [6.07, 6.45) is 1.20. The molecule has 1 unspecified atom stereocenters. The normalized spacial score (nSPS) is 12.1. The van der Waals surface area contributed by atoms with E-state index in [2.05, 4.69) is 0 Å². The molecule has 0 aliphatic carbocycles. The fraction of sp³-hybridized carbons (Fsp3) is 0.417. The predicted molar refractivity (Wildman–Crippen MR) is 61.5 cm³/mol. The SMILES string of the molecule is CCCOc1ccccc1CC(N)C(=O)O. The average molecular weight is 223 g/mol. The second kappa shape index (κ2) is 6.12. The summed E-state index contributed by atoms with van der Waals surface area (Å²) in [6.45, 7) is 2.64. The first-order chi connectivity index (χ1) is 7.65. The Bertz CT molecular complexity index is 352. The number of hydrogen-bond donors (Lipinski definition) is 2. The van der Waals surface area contributed by atoms with Crippen LogP contribution in [0.1, 0.15) is 18.9 Å². The van der Waals surface area contributed by atoms with E-state index in [1.165, 1.54) is 0 Å². The molecule has 0 fully saturated rings. The van der Waals surface area contributed by atoms with Gasteiger partial charge in [-0.25, -0.2) is 0 Å². The maximum Gasteiger partial charge on any atom is 0.320 e. The maximum atomic E-state index is 10.7. The molecule has 0 saturated heterocycles. The molecule has 0 spiro atoms. The lowest BCUT2D eigenvalue weighted by molar-refractivity contribution is -0.138. The zero-order valence-corrected chi connectivity index (χ0v) is 9.35. The van der Waals surface area contributed by atoms with Crippen molar-refractivity contribution in [3.63, 3.8) is 0 Å². The van der Waals surface area contributed by atoms with Crippen LogP contribution in [0.25, 0.3) is 0 Å². The van der Waals surface area contributed by atoms with Crippen LogP contribution in [0.3, 0.4) is 0 Å². The Hall–Kier alpha value is -1.55. The van der Waals surface area contributed by atoms with Gasteiger partial charge in [-0.05, 0) is 18.1 Å². The molecule has 0 saturated carbocycles. The number of hydrogen-bond acceptors (Lipinski definition) is 3. The standard InChI is InChI=1S/C12H17NO3/c1-2-7-16-11-6-4-3-5-9(11)8-10(13)12(14)15/h3-6,10H,2,7-8,13H2,1H3,(H,14,15). The summed E-state index contributed by atoms with van der Waals surface area (Å²) < 4.78 is 5.52. The highest BCUT2D eigenvalue weighted by Crippen LogP contribution is 2.19. The van der Waals surface area contributed by atoms with Crippen molar-refractivity contribution in [1.29, 1.82) is 0 Å². The second-order valence-corrected chi connectivity index (χ2v) is 3.61. The average Bonchev–Trinajstić information content (AvgIpc) is 2.27. The van der Waals surface area contributed by atoms with Crippen LogP contribution in [0.2, 0.25) is 0 Å². The van der Waals surface area contributed by atoms with Crippen molar-refractivity contribution in [2.45, 2.75) is 25.8 Å². The Balaban J connectivity index is 2.74. The third-order valence-corrected chi connectivity index (χ3v) is 2.19. The molecular weight excluding hydrogens is 206 g/mol. The number of carboxylic acid groups (broad SMARTS) is 1. The van der Waals surface area contributed by atoms with Gasteiger partial charge in [0.1, 0.15) is 11.8 Å². The molecule has 4 nitrogen and oxygen atoms in total. The summed E-state index contributed by atoms with van der Waals surface area (Å²) in [5.74, 6) is -0.272. The van der Waals surface area contributed by atoms with Crippen LogP contribution in [0.4, 0.5) is 0 Å². The second-order valence-electron chi connectivity index (χ2n) is 3.61. The van der Waals surface area contributed by atoms with Gasteiger partial charge in [0.25, 0.3) is 0 Å². The lowest BCUT2D eigenvalue weighted by Gasteiger charge is -2.12. The van der Waals surface area contributed by atoms with Crippen molar-refractivity contribution in [3.05, 3.63) is 29.8 Å². The van der Waals surface area contributed by atoms with Gasteiger partial charge in [0.05, 0.1) is 6.61 Å². The molecule has 0 bridgehead atoms. The topological polar surface area (TPSA) is 72.5 Å². The molecule has 1 aromatic rings. The van der Waals surface area contributed by atoms with Gasteiger partial charge in [-0.2, -0.15) is 0 Å². The highest BCUT2D eigenvalue weighted by Gasteiger charge is 2.14. The molecule has 0 aliphatic rings. The van der Waals surface area contributed by atoms with Gasteiger partial charge in [0.2, 0.25) is 0 Å². The predicted octanol–water partition coefficient (Wildman–Crippen LogP) is 1.43. The Labute approximate surface area is 95.0 Å². The Morgan fingerprint density at radius 3 is 2.81 bits per heavy atom. The van der Waals surface area contributed by atoms with E-state index in [-0.39, 0.29) is 6.42 Å². The summed E-state index contributed by atoms with van der Waals surface area (Å²) in [4.78, 5) is 10.7. The van der Waals surface area contributed by atoms with Crippen molar-refractivity contribution in [3.8, 4) is 5.75 Å². The lowest BCUT2D eigenvalue weighted by Crippen LogP contribution is -2.32. The molecular formula is C12H17NO3. The molecule has 4 heteroatoms. The van der Waals surface area contributed by atoms with E-state index in [1.807, 2.05) is 31.2 Å². The fourth-order valence-electron chi connectivity index (χ4n) is 1.35. The third-order valence-electron chi connectivity index (χ3n) is 2.19. The first-order valence-electron chi connectivity index (χ1n) is 5.34. The van der Waals surface area contributed by atoms with Gasteiger partial charge in [-0.15, -0.1) is 0 Å². The first-order valence-corrected chi connectivity index (χ1v) is 5.34. The van der Waals surface area contributed by atoms with Gasteiger partial charge >= 0.3 is 5.97 Å². The molecule has 0 aliphatic heterocycles. The van der Waals surface area contributed by atoms with E-state index in [9.17, 15) is 4.79 Å². The molecule has 0 heterocycles. The summed E-state index contributed by atoms with van der Waals surface area (Å²) in [6, 6.07) is 6.50. The Kier molecular flexibility index (Phi) is 4.79. The van der Waals surface area contributed by atoms with Crippen LogP contribution >= 0.6 is 0 Å². The number of benzene rings is 1. The minimum Gasteiger partial charge on any atom is -0.493 e. The van der Waals surface area contributed by atoms with Crippen molar-refractivity contribution in [1.82, 2.24) is 0 Å². The molecule has 0 aromatic heterocycles. The minimum atomic E-state index is -0.995. The van der Waals surface area contributed by atoms with E-state index in [0.717, 1.165) is 17.7 Å². The number of carbonyl (C=O) groups is 1. The summed E-state index contributed by atoms with van der Waals surface area (Å²) in [7, 11) is 0. The number of aliphatic carboxylic acids is 1. The molecule has 88 valence electrons. The quantitative estimate of drug-likeness (QED) is 0.765. The highest BCUT2D eigenvalue weighted by atomic mass is 16.5. The first kappa shape index (κ1) is 12.5. The van der Waals surface area contributed by atoms with Gasteiger partial charge in [0.15, 0.2) is 0 Å². The number of ether oxygens (including phenoxy) is 1. The van der Waals surface area contributed by atoms with Crippen LogP contribution in [0.5, 0.6) is 5.75 Å². The zero-order chi connectivity index (χ0) is 12.0. The molecule has 1 atom stereocenters. The molecule has 16 heavy (non-hydrogen) atoms.